The third-order valence-electron chi connectivity index (χ3n) is 3.70. The molecule has 3 aromatic rings. The molecule has 6 nitrogen and oxygen atoms in total. The number of aromatic carboxylic acids is 1. The average molecular weight is 401 g/mol. The van der Waals surface area contributed by atoms with Crippen LogP contribution in [0.5, 0.6) is 0 Å². The second-order valence-electron chi connectivity index (χ2n) is 5.33. The third-order valence-corrected chi connectivity index (χ3v) is 4.39. The summed E-state index contributed by atoms with van der Waals surface area (Å²) in [6.07, 6.45) is 0. The van der Waals surface area contributed by atoms with Gasteiger partial charge in [0.15, 0.2) is 0 Å². The van der Waals surface area contributed by atoms with E-state index in [0.717, 1.165) is 10.5 Å². The number of aromatic nitrogens is 1. The van der Waals surface area contributed by atoms with Crippen LogP contribution in [0.15, 0.2) is 63.9 Å². The van der Waals surface area contributed by atoms with Gasteiger partial charge in [0, 0.05) is 15.9 Å². The predicted molar refractivity (Wildman–Crippen MR) is 97.9 cm³/mol. The predicted octanol–water partition coefficient (Wildman–Crippen LogP) is 3.10. The molecule has 7 heteroatoms. The van der Waals surface area contributed by atoms with Crippen molar-refractivity contribution in [2.24, 2.45) is 0 Å². The number of hydrogen-bond donors (Lipinski definition) is 2. The molecule has 0 unspecified atom stereocenters. The number of pyridine rings is 1. The molecule has 0 aliphatic heterocycles. The monoisotopic (exact) mass is 400 g/mol. The quantitative estimate of drug-likeness (QED) is 0.703. The summed E-state index contributed by atoms with van der Waals surface area (Å²) in [7, 11) is 0. The summed E-state index contributed by atoms with van der Waals surface area (Å²) in [5.41, 5.74) is 0.364. The lowest BCUT2D eigenvalue weighted by atomic mass is 10.1. The maximum Gasteiger partial charge on any atom is 0.336 e. The highest BCUT2D eigenvalue weighted by Crippen LogP contribution is 2.21. The molecule has 1 amide bonds. The number of carboxylic acid groups (broad SMARTS) is 1. The Hall–Kier alpha value is -2.93. The molecular formula is C18H13BrN2O4. The van der Waals surface area contributed by atoms with Crippen LogP contribution in [0.1, 0.15) is 10.4 Å². The number of carbonyl (C=O) groups is 2. The Morgan fingerprint density at radius 2 is 1.76 bits per heavy atom. The van der Waals surface area contributed by atoms with Gasteiger partial charge in [-0.25, -0.2) is 4.79 Å². The number of para-hydroxylation sites is 2. The second kappa shape index (κ2) is 6.90. The fourth-order valence-corrected chi connectivity index (χ4v) is 2.95. The summed E-state index contributed by atoms with van der Waals surface area (Å²) >= 11 is 3.34. The number of nitrogens with zero attached hydrogens (tertiary/aromatic N) is 1. The summed E-state index contributed by atoms with van der Waals surface area (Å²) in [5.74, 6) is -1.57. The molecule has 0 spiro atoms. The van der Waals surface area contributed by atoms with Crippen LogP contribution in [-0.4, -0.2) is 21.6 Å². The minimum atomic E-state index is -1.18. The van der Waals surface area contributed by atoms with E-state index in [-0.39, 0.29) is 18.0 Å². The summed E-state index contributed by atoms with van der Waals surface area (Å²) in [6.45, 7) is -0.222. The van der Waals surface area contributed by atoms with E-state index >= 15 is 0 Å². The molecule has 0 saturated heterocycles. The zero-order valence-electron chi connectivity index (χ0n) is 12.9. The highest BCUT2D eigenvalue weighted by Gasteiger charge is 2.15. The van der Waals surface area contributed by atoms with Crippen molar-refractivity contribution >= 4 is 44.4 Å². The molecule has 0 saturated carbocycles. The van der Waals surface area contributed by atoms with Crippen molar-refractivity contribution in [2.45, 2.75) is 6.54 Å². The number of carbonyl (C=O) groups excluding carboxylic acids is 1. The lowest BCUT2D eigenvalue weighted by molar-refractivity contribution is -0.116. The van der Waals surface area contributed by atoms with Gasteiger partial charge in [-0.05, 0) is 34.1 Å². The van der Waals surface area contributed by atoms with E-state index in [2.05, 4.69) is 21.2 Å². The van der Waals surface area contributed by atoms with Gasteiger partial charge in [-0.15, -0.1) is 0 Å². The topological polar surface area (TPSA) is 88.4 Å². The first-order chi connectivity index (χ1) is 12.0. The van der Waals surface area contributed by atoms with E-state index < -0.39 is 11.5 Å². The molecule has 0 aliphatic carbocycles. The number of halogens is 1. The van der Waals surface area contributed by atoms with Gasteiger partial charge in [-0.1, -0.05) is 30.3 Å². The first kappa shape index (κ1) is 16.9. The van der Waals surface area contributed by atoms with E-state index in [1.54, 1.807) is 42.5 Å². The average Bonchev–Trinajstić information content (AvgIpc) is 2.59. The number of nitrogens with one attached hydrogen (secondary N) is 1. The molecule has 0 aliphatic rings. The van der Waals surface area contributed by atoms with Crippen LogP contribution in [0.3, 0.4) is 0 Å². The number of anilines is 1. The van der Waals surface area contributed by atoms with E-state index in [4.69, 9.17) is 0 Å². The van der Waals surface area contributed by atoms with Crippen LogP contribution in [0, 0.1) is 0 Å². The molecule has 2 N–H and O–H groups in total. The number of hydrogen-bond acceptors (Lipinski definition) is 3. The van der Waals surface area contributed by atoms with Crippen LogP contribution < -0.4 is 10.9 Å². The van der Waals surface area contributed by atoms with E-state index in [1.165, 1.54) is 4.57 Å². The highest BCUT2D eigenvalue weighted by atomic mass is 79.9. The van der Waals surface area contributed by atoms with Gasteiger partial charge < -0.3 is 10.4 Å². The van der Waals surface area contributed by atoms with Crippen molar-refractivity contribution < 1.29 is 14.7 Å². The van der Waals surface area contributed by atoms with Crippen molar-refractivity contribution in [1.29, 1.82) is 0 Å². The zero-order chi connectivity index (χ0) is 18.0. The molecule has 0 atom stereocenters. The third kappa shape index (κ3) is 3.46. The Balaban J connectivity index is 1.99. The smallest absolute Gasteiger partial charge is 0.336 e. The van der Waals surface area contributed by atoms with Crippen molar-refractivity contribution in [1.82, 2.24) is 4.57 Å². The van der Waals surface area contributed by atoms with E-state index in [9.17, 15) is 19.5 Å². The van der Waals surface area contributed by atoms with Gasteiger partial charge in [-0.2, -0.15) is 0 Å². The highest BCUT2D eigenvalue weighted by molar-refractivity contribution is 9.10. The van der Waals surface area contributed by atoms with Crippen molar-refractivity contribution in [3.8, 4) is 0 Å². The molecule has 1 aromatic heterocycles. The van der Waals surface area contributed by atoms with Crippen molar-refractivity contribution in [3.63, 3.8) is 0 Å². The maximum absolute atomic E-state index is 12.3. The van der Waals surface area contributed by atoms with Gasteiger partial charge in [0.05, 0.1) is 16.8 Å². The lowest BCUT2D eigenvalue weighted by Crippen LogP contribution is -2.28. The molecule has 126 valence electrons. The van der Waals surface area contributed by atoms with E-state index in [1.807, 2.05) is 6.07 Å². The summed E-state index contributed by atoms with van der Waals surface area (Å²) in [6, 6.07) is 14.8. The molecule has 1 heterocycles. The van der Waals surface area contributed by atoms with Crippen molar-refractivity contribution in [3.05, 3.63) is 75.0 Å². The molecule has 0 bridgehead atoms. The van der Waals surface area contributed by atoms with Crippen LogP contribution in [-0.2, 0) is 11.3 Å². The second-order valence-corrected chi connectivity index (χ2v) is 6.19. The molecule has 2 aromatic carbocycles. The number of benzene rings is 2. The standard InChI is InChI=1S/C18H13BrN2O4/c19-13-6-2-3-7-14(13)20-16(22)10-21-15-8-4-1-5-11(15)12(18(24)25)9-17(21)23/h1-9H,10H2,(H,20,22)(H,24,25). The molecular weight excluding hydrogens is 388 g/mol. The number of rotatable bonds is 4. The van der Waals surface area contributed by atoms with Gasteiger partial charge in [0.2, 0.25) is 5.91 Å². The largest absolute Gasteiger partial charge is 0.478 e. The Morgan fingerprint density at radius 3 is 2.48 bits per heavy atom. The van der Waals surface area contributed by atoms with Gasteiger partial charge in [-0.3, -0.25) is 14.2 Å². The zero-order valence-corrected chi connectivity index (χ0v) is 14.5. The first-order valence-electron chi connectivity index (χ1n) is 7.37. The lowest BCUT2D eigenvalue weighted by Gasteiger charge is -2.12. The summed E-state index contributed by atoms with van der Waals surface area (Å²) in [5, 5.41) is 12.4. The Labute approximate surface area is 150 Å². The minimum absolute atomic E-state index is 0.0805. The van der Waals surface area contributed by atoms with Gasteiger partial charge in [0.25, 0.3) is 5.56 Å². The van der Waals surface area contributed by atoms with E-state index in [0.29, 0.717) is 16.6 Å². The Kier molecular flexibility index (Phi) is 4.67. The summed E-state index contributed by atoms with van der Waals surface area (Å²) < 4.78 is 1.98. The SMILES string of the molecule is O=C(Cn1c(=O)cc(C(=O)O)c2ccccc21)Nc1ccccc1Br. The fraction of sp³-hybridized carbons (Fsp3) is 0.0556. The van der Waals surface area contributed by atoms with Crippen LogP contribution in [0.2, 0.25) is 0 Å². The fourth-order valence-electron chi connectivity index (χ4n) is 2.57. The first-order valence-corrected chi connectivity index (χ1v) is 8.17. The van der Waals surface area contributed by atoms with Gasteiger partial charge in [0.1, 0.15) is 6.54 Å². The maximum atomic E-state index is 12.3. The number of carboxylic acids is 1. The number of fused-ring (bicyclic) bond motifs is 1. The molecule has 0 fully saturated rings. The Morgan fingerprint density at radius 1 is 1.08 bits per heavy atom. The minimum Gasteiger partial charge on any atom is -0.478 e. The van der Waals surface area contributed by atoms with Gasteiger partial charge >= 0.3 is 5.97 Å². The van der Waals surface area contributed by atoms with Crippen LogP contribution >= 0.6 is 15.9 Å². The van der Waals surface area contributed by atoms with Crippen LogP contribution in [0.25, 0.3) is 10.9 Å². The molecule has 3 rings (SSSR count). The molecule has 25 heavy (non-hydrogen) atoms. The normalized spacial score (nSPS) is 10.6. The Bertz CT molecular complexity index is 1040. The summed E-state index contributed by atoms with van der Waals surface area (Å²) in [4.78, 5) is 36.0. The number of amides is 1. The van der Waals surface area contributed by atoms with Crippen molar-refractivity contribution in [2.75, 3.05) is 5.32 Å². The molecule has 0 radical (unpaired) electrons. The van der Waals surface area contributed by atoms with Crippen LogP contribution in [0.4, 0.5) is 5.69 Å².